The molecule has 0 aromatic carbocycles. The predicted molar refractivity (Wildman–Crippen MR) is 49.7 cm³/mol. The lowest BCUT2D eigenvalue weighted by atomic mass is 10.1. The maximum atomic E-state index is 4.18. The molecule has 1 fully saturated rings. The predicted octanol–water partition coefficient (Wildman–Crippen LogP) is 3.28. The van der Waals surface area contributed by atoms with Crippen LogP contribution in [0, 0.1) is 5.92 Å². The van der Waals surface area contributed by atoms with Gasteiger partial charge in [-0.05, 0) is 18.1 Å². The van der Waals surface area contributed by atoms with Crippen molar-refractivity contribution in [3.05, 3.63) is 0 Å². The van der Waals surface area contributed by atoms with Crippen LogP contribution in [0.3, 0.4) is 0 Å². The van der Waals surface area contributed by atoms with Crippen molar-refractivity contribution in [2.45, 2.75) is 44.9 Å². The summed E-state index contributed by atoms with van der Waals surface area (Å²) in [7, 11) is 0. The van der Waals surface area contributed by atoms with Crippen LogP contribution in [0.1, 0.15) is 44.9 Å². The Labute approximate surface area is 69.8 Å². The van der Waals surface area contributed by atoms with E-state index < -0.39 is 0 Å². The van der Waals surface area contributed by atoms with E-state index in [0.29, 0.717) is 0 Å². The lowest BCUT2D eigenvalue weighted by Gasteiger charge is -1.96. The molecule has 10 heavy (non-hydrogen) atoms. The molecule has 1 heteroatoms. The fourth-order valence-corrected chi connectivity index (χ4v) is 1.53. The second-order valence-electron chi connectivity index (χ2n) is 3.37. The molecule has 0 spiro atoms. The van der Waals surface area contributed by atoms with Gasteiger partial charge in [-0.25, -0.2) is 0 Å². The first kappa shape index (κ1) is 8.45. The largest absolute Gasteiger partial charge is 0.179 e. The maximum Gasteiger partial charge on any atom is -0.00979 e. The van der Waals surface area contributed by atoms with Crippen molar-refractivity contribution in [1.29, 1.82) is 0 Å². The summed E-state index contributed by atoms with van der Waals surface area (Å²) in [5.74, 6) is 2.21. The van der Waals surface area contributed by atoms with E-state index in [1.54, 1.807) is 0 Å². The first-order valence-corrected chi connectivity index (χ1v) is 5.17. The zero-order valence-corrected chi connectivity index (χ0v) is 7.58. The minimum absolute atomic E-state index is 1.07. The second kappa shape index (κ2) is 5.06. The van der Waals surface area contributed by atoms with Crippen LogP contribution in [0.2, 0.25) is 0 Å². The van der Waals surface area contributed by atoms with Crippen LogP contribution < -0.4 is 0 Å². The van der Waals surface area contributed by atoms with Crippen molar-refractivity contribution in [3.8, 4) is 0 Å². The lowest BCUT2D eigenvalue weighted by Crippen LogP contribution is -1.80. The minimum Gasteiger partial charge on any atom is -0.179 e. The molecule has 0 aromatic heterocycles. The van der Waals surface area contributed by atoms with Gasteiger partial charge in [0.1, 0.15) is 0 Å². The number of hydrogen-bond donors (Lipinski definition) is 1. The van der Waals surface area contributed by atoms with Crippen LogP contribution in [-0.2, 0) is 0 Å². The number of unbranched alkanes of at least 4 members (excludes halogenated alkanes) is 3. The summed E-state index contributed by atoms with van der Waals surface area (Å²) in [5.41, 5.74) is 0. The van der Waals surface area contributed by atoms with Gasteiger partial charge in [-0.15, -0.1) is 0 Å². The highest BCUT2D eigenvalue weighted by Gasteiger charge is 2.19. The second-order valence-corrected chi connectivity index (χ2v) is 3.82. The van der Waals surface area contributed by atoms with Crippen LogP contribution >= 0.6 is 12.6 Å². The molecule has 1 saturated carbocycles. The van der Waals surface area contributed by atoms with Crippen molar-refractivity contribution in [1.82, 2.24) is 0 Å². The van der Waals surface area contributed by atoms with Crippen LogP contribution in [0.4, 0.5) is 0 Å². The molecule has 0 atom stereocenters. The standard InChI is InChI=1S/C9H18S/c10-8-4-2-1-3-5-9-6-7-9/h9-10H,1-8H2. The minimum atomic E-state index is 1.07. The van der Waals surface area contributed by atoms with Gasteiger partial charge in [0, 0.05) is 0 Å². The zero-order chi connectivity index (χ0) is 7.23. The average molecular weight is 158 g/mol. The third-order valence-electron chi connectivity index (χ3n) is 2.22. The van der Waals surface area contributed by atoms with Gasteiger partial charge < -0.3 is 0 Å². The summed E-state index contributed by atoms with van der Waals surface area (Å²) in [6, 6.07) is 0. The molecule has 0 N–H and O–H groups in total. The molecule has 0 unspecified atom stereocenters. The first-order chi connectivity index (χ1) is 4.93. The highest BCUT2D eigenvalue weighted by molar-refractivity contribution is 7.80. The molecule has 0 heterocycles. The highest BCUT2D eigenvalue weighted by Crippen LogP contribution is 2.34. The smallest absolute Gasteiger partial charge is 0.00979 e. The van der Waals surface area contributed by atoms with Gasteiger partial charge in [-0.1, -0.05) is 38.5 Å². The van der Waals surface area contributed by atoms with E-state index in [1.807, 2.05) is 0 Å². The molecule has 0 aromatic rings. The van der Waals surface area contributed by atoms with E-state index in [9.17, 15) is 0 Å². The molecule has 1 aliphatic rings. The van der Waals surface area contributed by atoms with Crippen LogP contribution in [0.25, 0.3) is 0 Å². The molecule has 1 rings (SSSR count). The fraction of sp³-hybridized carbons (Fsp3) is 1.00. The first-order valence-electron chi connectivity index (χ1n) is 4.54. The number of hydrogen-bond acceptors (Lipinski definition) is 1. The van der Waals surface area contributed by atoms with Crippen LogP contribution in [0.15, 0.2) is 0 Å². The third kappa shape index (κ3) is 4.21. The lowest BCUT2D eigenvalue weighted by molar-refractivity contribution is 0.599. The van der Waals surface area contributed by atoms with Gasteiger partial charge in [0.25, 0.3) is 0 Å². The SMILES string of the molecule is SCCCCCCC1CC1. The monoisotopic (exact) mass is 158 g/mol. The number of thiol groups is 1. The van der Waals surface area contributed by atoms with Gasteiger partial charge >= 0.3 is 0 Å². The van der Waals surface area contributed by atoms with Crippen LogP contribution in [0.5, 0.6) is 0 Å². The van der Waals surface area contributed by atoms with Gasteiger partial charge in [-0.2, -0.15) is 12.6 Å². The van der Waals surface area contributed by atoms with Crippen LogP contribution in [-0.4, -0.2) is 5.75 Å². The topological polar surface area (TPSA) is 0 Å². The van der Waals surface area contributed by atoms with Gasteiger partial charge in [0.05, 0.1) is 0 Å². The summed E-state index contributed by atoms with van der Waals surface area (Å²) in [6.45, 7) is 0. The Kier molecular flexibility index (Phi) is 4.27. The quantitative estimate of drug-likeness (QED) is 0.445. The zero-order valence-electron chi connectivity index (χ0n) is 6.68. The van der Waals surface area contributed by atoms with Gasteiger partial charge in [0.2, 0.25) is 0 Å². The van der Waals surface area contributed by atoms with E-state index in [1.165, 1.54) is 44.9 Å². The fourth-order valence-electron chi connectivity index (χ4n) is 1.30. The normalized spacial score (nSPS) is 17.7. The van der Waals surface area contributed by atoms with Crippen molar-refractivity contribution in [3.63, 3.8) is 0 Å². The Bertz CT molecular complexity index is 76.8. The maximum absolute atomic E-state index is 4.18. The molecular formula is C9H18S. The van der Waals surface area contributed by atoms with Crippen molar-refractivity contribution >= 4 is 12.6 Å². The van der Waals surface area contributed by atoms with E-state index in [0.717, 1.165) is 11.7 Å². The summed E-state index contributed by atoms with van der Waals surface area (Å²) < 4.78 is 0. The highest BCUT2D eigenvalue weighted by atomic mass is 32.1. The summed E-state index contributed by atoms with van der Waals surface area (Å²) in [6.07, 6.45) is 10.2. The summed E-state index contributed by atoms with van der Waals surface area (Å²) in [4.78, 5) is 0. The number of rotatable bonds is 6. The third-order valence-corrected chi connectivity index (χ3v) is 2.53. The Morgan fingerprint density at radius 1 is 1.00 bits per heavy atom. The summed E-state index contributed by atoms with van der Waals surface area (Å²) >= 11 is 4.18. The molecule has 0 radical (unpaired) electrons. The molecule has 0 bridgehead atoms. The van der Waals surface area contributed by atoms with Crippen molar-refractivity contribution in [2.24, 2.45) is 5.92 Å². The summed E-state index contributed by atoms with van der Waals surface area (Å²) in [5, 5.41) is 0. The molecule has 0 amide bonds. The Hall–Kier alpha value is 0.350. The van der Waals surface area contributed by atoms with E-state index in [-0.39, 0.29) is 0 Å². The molecule has 0 saturated heterocycles. The van der Waals surface area contributed by atoms with Gasteiger partial charge in [0.15, 0.2) is 0 Å². The molecule has 0 nitrogen and oxygen atoms in total. The van der Waals surface area contributed by atoms with E-state index in [4.69, 9.17) is 0 Å². The van der Waals surface area contributed by atoms with Crippen molar-refractivity contribution < 1.29 is 0 Å². The van der Waals surface area contributed by atoms with E-state index >= 15 is 0 Å². The average Bonchev–Trinajstić information content (AvgIpc) is 2.71. The van der Waals surface area contributed by atoms with Gasteiger partial charge in [-0.3, -0.25) is 0 Å². The molecular weight excluding hydrogens is 140 g/mol. The Balaban J connectivity index is 1.68. The molecule has 60 valence electrons. The van der Waals surface area contributed by atoms with E-state index in [2.05, 4.69) is 12.6 Å². The molecule has 1 aliphatic carbocycles. The Morgan fingerprint density at radius 2 is 1.70 bits per heavy atom. The van der Waals surface area contributed by atoms with Crippen molar-refractivity contribution in [2.75, 3.05) is 5.75 Å². The Morgan fingerprint density at radius 3 is 2.30 bits per heavy atom. The molecule has 0 aliphatic heterocycles.